The van der Waals surface area contributed by atoms with Crippen molar-refractivity contribution in [3.8, 4) is 0 Å². The van der Waals surface area contributed by atoms with E-state index in [0.29, 0.717) is 17.3 Å². The molecule has 3 rings (SSSR count). The summed E-state index contributed by atoms with van der Waals surface area (Å²) in [6.07, 6.45) is 1.36. The maximum Gasteiger partial charge on any atom is 0.244 e. The maximum atomic E-state index is 13.0. The van der Waals surface area contributed by atoms with Crippen molar-refractivity contribution in [1.82, 2.24) is 10.2 Å². The Hall–Kier alpha value is -1.84. The van der Waals surface area contributed by atoms with E-state index in [-0.39, 0.29) is 17.4 Å². The molecule has 2 aromatic carbocycles. The molecule has 10 heteroatoms. The number of ether oxygens (including phenoxy) is 1. The van der Waals surface area contributed by atoms with Gasteiger partial charge in [0, 0.05) is 26.2 Å². The van der Waals surface area contributed by atoms with Gasteiger partial charge in [-0.15, -0.1) is 0 Å². The van der Waals surface area contributed by atoms with Crippen molar-refractivity contribution < 1.29 is 17.9 Å². The van der Waals surface area contributed by atoms with Crippen LogP contribution in [0, 0.1) is 0 Å². The van der Waals surface area contributed by atoms with E-state index in [4.69, 9.17) is 27.9 Å². The minimum absolute atomic E-state index is 0.218. The van der Waals surface area contributed by atoms with E-state index in [0.717, 1.165) is 49.0 Å². The van der Waals surface area contributed by atoms with Crippen LogP contribution in [0.2, 0.25) is 10.0 Å². The number of nitrogens with zero attached hydrogens (tertiary/aromatic N) is 2. The van der Waals surface area contributed by atoms with Crippen LogP contribution in [-0.2, 0) is 32.6 Å². The van der Waals surface area contributed by atoms with E-state index < -0.39 is 16.1 Å². The van der Waals surface area contributed by atoms with Crippen molar-refractivity contribution in [2.24, 2.45) is 0 Å². The van der Waals surface area contributed by atoms with Gasteiger partial charge in [-0.05, 0) is 35.7 Å². The summed E-state index contributed by atoms with van der Waals surface area (Å²) in [7, 11) is -3.75. The molecule has 0 radical (unpaired) electrons. The number of benzene rings is 2. The molecule has 0 aliphatic carbocycles. The summed E-state index contributed by atoms with van der Waals surface area (Å²) in [5, 5.41) is 3.39. The molecule has 1 aliphatic rings. The number of carbonyl (C=O) groups is 1. The largest absolute Gasteiger partial charge is 0.379 e. The summed E-state index contributed by atoms with van der Waals surface area (Å²) in [6, 6.07) is 11.6. The van der Waals surface area contributed by atoms with Gasteiger partial charge in [0.2, 0.25) is 15.9 Å². The molecule has 1 N–H and O–H groups in total. The smallest absolute Gasteiger partial charge is 0.244 e. The highest BCUT2D eigenvalue weighted by Crippen LogP contribution is 2.30. The van der Waals surface area contributed by atoms with Crippen LogP contribution < -0.4 is 9.62 Å². The molecule has 1 amide bonds. The Kier molecular flexibility index (Phi) is 9.01. The third kappa shape index (κ3) is 7.07. The molecular weight excluding hydrogens is 485 g/mol. The zero-order valence-electron chi connectivity index (χ0n) is 18.8. The van der Waals surface area contributed by atoms with Gasteiger partial charge in [-0.1, -0.05) is 54.4 Å². The Balaban J connectivity index is 1.67. The summed E-state index contributed by atoms with van der Waals surface area (Å²) in [5.74, 6) is -0.383. The van der Waals surface area contributed by atoms with Gasteiger partial charge >= 0.3 is 0 Å². The van der Waals surface area contributed by atoms with Gasteiger partial charge in [-0.25, -0.2) is 8.42 Å². The van der Waals surface area contributed by atoms with Gasteiger partial charge in [-0.2, -0.15) is 0 Å². The van der Waals surface area contributed by atoms with E-state index in [1.165, 1.54) is 17.7 Å². The van der Waals surface area contributed by atoms with Gasteiger partial charge in [0.15, 0.2) is 0 Å². The summed E-state index contributed by atoms with van der Waals surface area (Å²) < 4.78 is 31.6. The summed E-state index contributed by atoms with van der Waals surface area (Å²) >= 11 is 12.1. The van der Waals surface area contributed by atoms with Crippen LogP contribution in [0.25, 0.3) is 0 Å². The number of carbonyl (C=O) groups excluding carboxylic acids is 1. The molecule has 180 valence electrons. The summed E-state index contributed by atoms with van der Waals surface area (Å²) in [6.45, 7) is 6.29. The van der Waals surface area contributed by atoms with Crippen LogP contribution >= 0.6 is 23.2 Å². The second-order valence-corrected chi connectivity index (χ2v) is 10.7. The first-order chi connectivity index (χ1) is 15.7. The molecule has 0 saturated carbocycles. The second-order valence-electron chi connectivity index (χ2n) is 8.00. The van der Waals surface area contributed by atoms with Crippen LogP contribution in [0.4, 0.5) is 5.69 Å². The third-order valence-electron chi connectivity index (χ3n) is 5.49. The normalized spacial score (nSPS) is 15.8. The molecule has 0 spiro atoms. The Bertz CT molecular complexity index is 1060. The first-order valence-electron chi connectivity index (χ1n) is 10.8. The van der Waals surface area contributed by atoms with Gasteiger partial charge in [0.25, 0.3) is 0 Å². The van der Waals surface area contributed by atoms with E-state index in [2.05, 4.69) is 10.2 Å². The quantitative estimate of drug-likeness (QED) is 0.553. The number of rotatable bonds is 9. The molecular formula is C23H29Cl2N3O4S. The number of morpholine rings is 1. The zero-order chi connectivity index (χ0) is 24.0. The fourth-order valence-electron chi connectivity index (χ4n) is 3.77. The lowest BCUT2D eigenvalue weighted by Gasteiger charge is -2.30. The molecule has 1 unspecified atom stereocenters. The molecule has 1 saturated heterocycles. The average Bonchev–Trinajstić information content (AvgIpc) is 2.78. The number of hydrogen-bond acceptors (Lipinski definition) is 5. The fourth-order valence-corrected chi connectivity index (χ4v) is 5.27. The van der Waals surface area contributed by atoms with Gasteiger partial charge in [0.1, 0.15) is 6.04 Å². The number of hydrogen-bond donors (Lipinski definition) is 1. The summed E-state index contributed by atoms with van der Waals surface area (Å²) in [4.78, 5) is 15.3. The van der Waals surface area contributed by atoms with Crippen LogP contribution in [0.15, 0.2) is 42.5 Å². The molecule has 0 bridgehead atoms. The standard InChI is InChI=1S/C23H29Cl2N3O4S/c1-3-22(28(33(2,30)31)19-8-9-20(24)21(25)14-19)23(29)26-15-17-4-6-18(7-5-17)16-27-10-12-32-13-11-27/h4-9,14,22H,3,10-13,15-16H2,1-2H3,(H,26,29). The number of anilines is 1. The van der Waals surface area contributed by atoms with E-state index >= 15 is 0 Å². The predicted molar refractivity (Wildman–Crippen MR) is 132 cm³/mol. The fraction of sp³-hybridized carbons (Fsp3) is 0.435. The third-order valence-corrected chi connectivity index (χ3v) is 7.41. The SMILES string of the molecule is CCC(C(=O)NCc1ccc(CN2CCOCC2)cc1)N(c1ccc(Cl)c(Cl)c1)S(C)(=O)=O. The number of sulfonamides is 1. The molecule has 7 nitrogen and oxygen atoms in total. The summed E-state index contributed by atoms with van der Waals surface area (Å²) in [5.41, 5.74) is 2.42. The highest BCUT2D eigenvalue weighted by Gasteiger charge is 2.31. The molecule has 33 heavy (non-hydrogen) atoms. The first-order valence-corrected chi connectivity index (χ1v) is 13.4. The van der Waals surface area contributed by atoms with Gasteiger partial charge in [-0.3, -0.25) is 14.0 Å². The Labute approximate surface area is 205 Å². The molecule has 2 aromatic rings. The Morgan fingerprint density at radius 2 is 1.73 bits per heavy atom. The lowest BCUT2D eigenvalue weighted by molar-refractivity contribution is -0.122. The molecule has 1 atom stereocenters. The Morgan fingerprint density at radius 1 is 1.09 bits per heavy atom. The van der Waals surface area contributed by atoms with Crippen molar-refractivity contribution in [2.75, 3.05) is 36.9 Å². The number of amides is 1. The van der Waals surface area contributed by atoms with Crippen molar-refractivity contribution in [2.45, 2.75) is 32.5 Å². The lowest BCUT2D eigenvalue weighted by Crippen LogP contribution is -2.49. The van der Waals surface area contributed by atoms with Gasteiger partial charge in [0.05, 0.1) is 35.2 Å². The van der Waals surface area contributed by atoms with Crippen molar-refractivity contribution >= 4 is 44.8 Å². The van der Waals surface area contributed by atoms with Crippen molar-refractivity contribution in [3.63, 3.8) is 0 Å². The number of nitrogens with one attached hydrogen (secondary N) is 1. The topological polar surface area (TPSA) is 79.0 Å². The first kappa shape index (κ1) is 25.8. The van der Waals surface area contributed by atoms with E-state index in [1.807, 2.05) is 24.3 Å². The second kappa shape index (κ2) is 11.5. The average molecular weight is 514 g/mol. The van der Waals surface area contributed by atoms with Crippen molar-refractivity contribution in [3.05, 3.63) is 63.6 Å². The van der Waals surface area contributed by atoms with Crippen molar-refractivity contribution in [1.29, 1.82) is 0 Å². The van der Waals surface area contributed by atoms with Crippen LogP contribution in [0.3, 0.4) is 0 Å². The molecule has 0 aromatic heterocycles. The molecule has 1 heterocycles. The lowest BCUT2D eigenvalue weighted by atomic mass is 10.1. The van der Waals surface area contributed by atoms with Gasteiger partial charge < -0.3 is 10.1 Å². The molecule has 1 fully saturated rings. The van der Waals surface area contributed by atoms with E-state index in [1.54, 1.807) is 13.0 Å². The van der Waals surface area contributed by atoms with E-state index in [9.17, 15) is 13.2 Å². The zero-order valence-corrected chi connectivity index (χ0v) is 21.1. The predicted octanol–water partition coefficient (Wildman–Crippen LogP) is 3.69. The number of halogens is 2. The van der Waals surface area contributed by atoms with Crippen LogP contribution in [0.1, 0.15) is 24.5 Å². The van der Waals surface area contributed by atoms with Crippen LogP contribution in [0.5, 0.6) is 0 Å². The minimum Gasteiger partial charge on any atom is -0.379 e. The highest BCUT2D eigenvalue weighted by molar-refractivity contribution is 7.92. The minimum atomic E-state index is -3.75. The maximum absolute atomic E-state index is 13.0. The monoisotopic (exact) mass is 513 g/mol. The highest BCUT2D eigenvalue weighted by atomic mass is 35.5. The van der Waals surface area contributed by atoms with Crippen LogP contribution in [-0.4, -0.2) is 57.8 Å². The Morgan fingerprint density at radius 3 is 2.30 bits per heavy atom. The molecule has 1 aliphatic heterocycles.